The van der Waals surface area contributed by atoms with Crippen LogP contribution in [-0.4, -0.2) is 61.8 Å². The molecule has 0 radical (unpaired) electrons. The van der Waals surface area contributed by atoms with Crippen molar-refractivity contribution in [3.05, 3.63) is 29.4 Å². The molecule has 1 aliphatic carbocycles. The normalized spacial score (nSPS) is 20.3. The van der Waals surface area contributed by atoms with Gasteiger partial charge in [-0.3, -0.25) is 5.32 Å². The molecule has 2 fully saturated rings. The standard InChI is InChI=1S/C27H37N3O7S2/c1-16(2)36-25(31)29-18-8-6-17(7-9-18)24-28-13-22(38-24)21-11-10-19(30-26(32)37-27(3,4)5)12-23(21)39(33,34)20-14-35-15-20/h10-13,16-18,20H,6-9,14-15H2,1-5H3,(H,29,31)(H,30,32)/t17-,18-. The first-order valence-electron chi connectivity index (χ1n) is 13.2. The Bertz CT molecular complexity index is 1290. The number of rotatable bonds is 7. The second-order valence-corrected chi connectivity index (χ2v) is 14.5. The van der Waals surface area contributed by atoms with E-state index in [1.54, 1.807) is 39.1 Å². The topological polar surface area (TPSA) is 133 Å². The van der Waals surface area contributed by atoms with Crippen molar-refractivity contribution in [2.75, 3.05) is 18.5 Å². The van der Waals surface area contributed by atoms with Crippen molar-refractivity contribution in [2.24, 2.45) is 0 Å². The third-order valence-electron chi connectivity index (χ3n) is 6.51. The molecule has 1 aromatic heterocycles. The Morgan fingerprint density at radius 1 is 1.10 bits per heavy atom. The summed E-state index contributed by atoms with van der Waals surface area (Å²) in [6.07, 6.45) is 3.87. The van der Waals surface area contributed by atoms with Gasteiger partial charge < -0.3 is 19.5 Å². The Kier molecular flexibility index (Phi) is 8.87. The predicted octanol–water partition coefficient (Wildman–Crippen LogP) is 5.49. The van der Waals surface area contributed by atoms with E-state index in [4.69, 9.17) is 14.2 Å². The maximum atomic E-state index is 13.5. The van der Waals surface area contributed by atoms with Crippen LogP contribution in [0.1, 0.15) is 71.2 Å². The van der Waals surface area contributed by atoms with E-state index >= 15 is 0 Å². The van der Waals surface area contributed by atoms with Gasteiger partial charge in [-0.05, 0) is 72.4 Å². The van der Waals surface area contributed by atoms with Gasteiger partial charge in [-0.1, -0.05) is 6.07 Å². The predicted molar refractivity (Wildman–Crippen MR) is 149 cm³/mol. The molecule has 1 aliphatic heterocycles. The van der Waals surface area contributed by atoms with Crippen LogP contribution in [0.25, 0.3) is 10.4 Å². The molecule has 0 atom stereocenters. The van der Waals surface area contributed by atoms with E-state index in [0.29, 0.717) is 11.3 Å². The van der Waals surface area contributed by atoms with Crippen LogP contribution in [0, 0.1) is 0 Å². The highest BCUT2D eigenvalue weighted by Gasteiger charge is 2.36. The fourth-order valence-corrected chi connectivity index (χ4v) is 7.41. The molecule has 2 heterocycles. The second-order valence-electron chi connectivity index (χ2n) is 11.3. The number of nitrogens with zero attached hydrogens (tertiary/aromatic N) is 1. The Hall–Kier alpha value is -2.70. The molecule has 10 nitrogen and oxygen atoms in total. The van der Waals surface area contributed by atoms with E-state index in [1.807, 2.05) is 13.8 Å². The first kappa shape index (κ1) is 29.3. The van der Waals surface area contributed by atoms with Gasteiger partial charge in [0.25, 0.3) is 0 Å². The van der Waals surface area contributed by atoms with Crippen LogP contribution in [0.5, 0.6) is 0 Å². The van der Waals surface area contributed by atoms with E-state index in [-0.39, 0.29) is 42.3 Å². The van der Waals surface area contributed by atoms with E-state index in [9.17, 15) is 18.0 Å². The van der Waals surface area contributed by atoms with Crippen molar-refractivity contribution in [1.29, 1.82) is 0 Å². The maximum Gasteiger partial charge on any atom is 0.412 e. The number of carbonyl (C=O) groups excluding carboxylic acids is 2. The van der Waals surface area contributed by atoms with Crippen molar-refractivity contribution in [3.63, 3.8) is 0 Å². The molecular formula is C27H37N3O7S2. The van der Waals surface area contributed by atoms with Gasteiger partial charge in [0, 0.05) is 29.4 Å². The van der Waals surface area contributed by atoms with Gasteiger partial charge in [-0.15, -0.1) is 11.3 Å². The van der Waals surface area contributed by atoms with E-state index in [0.717, 1.165) is 35.6 Å². The van der Waals surface area contributed by atoms with Gasteiger partial charge in [0.05, 0.1) is 34.1 Å². The lowest BCUT2D eigenvalue weighted by molar-refractivity contribution is 0.0416. The minimum Gasteiger partial charge on any atom is -0.447 e. The smallest absolute Gasteiger partial charge is 0.412 e. The molecule has 214 valence electrons. The molecule has 39 heavy (non-hydrogen) atoms. The van der Waals surface area contributed by atoms with Crippen molar-refractivity contribution >= 4 is 39.0 Å². The number of carbonyl (C=O) groups is 2. The van der Waals surface area contributed by atoms with Gasteiger partial charge in [0.1, 0.15) is 10.9 Å². The third kappa shape index (κ3) is 7.49. The van der Waals surface area contributed by atoms with Crippen molar-refractivity contribution in [3.8, 4) is 10.4 Å². The second kappa shape index (κ2) is 11.8. The van der Waals surface area contributed by atoms with Gasteiger partial charge in [0.2, 0.25) is 0 Å². The summed E-state index contributed by atoms with van der Waals surface area (Å²) in [6, 6.07) is 4.93. The molecule has 1 aromatic carbocycles. The number of nitrogens with one attached hydrogen (secondary N) is 2. The Labute approximate surface area is 233 Å². The summed E-state index contributed by atoms with van der Waals surface area (Å²) < 4.78 is 42.6. The first-order valence-corrected chi connectivity index (χ1v) is 15.6. The van der Waals surface area contributed by atoms with Crippen LogP contribution < -0.4 is 10.6 Å². The lowest BCUT2D eigenvalue weighted by atomic mass is 9.86. The highest BCUT2D eigenvalue weighted by molar-refractivity contribution is 7.92. The van der Waals surface area contributed by atoms with E-state index in [2.05, 4.69) is 15.6 Å². The number of hydrogen-bond donors (Lipinski definition) is 2. The number of benzene rings is 1. The molecule has 1 saturated heterocycles. The monoisotopic (exact) mass is 579 g/mol. The largest absolute Gasteiger partial charge is 0.447 e. The highest BCUT2D eigenvalue weighted by Crippen LogP contribution is 2.41. The summed E-state index contributed by atoms with van der Waals surface area (Å²) >= 11 is 1.48. The average Bonchev–Trinajstić information content (AvgIpc) is 3.26. The number of alkyl carbamates (subject to hydrolysis) is 1. The van der Waals surface area contributed by atoms with Gasteiger partial charge in [-0.25, -0.2) is 23.0 Å². The zero-order valence-corrected chi connectivity index (χ0v) is 24.6. The van der Waals surface area contributed by atoms with Crippen molar-refractivity contribution in [2.45, 2.75) is 94.1 Å². The minimum absolute atomic E-state index is 0.0680. The lowest BCUT2D eigenvalue weighted by Crippen LogP contribution is -2.40. The Morgan fingerprint density at radius 3 is 2.38 bits per heavy atom. The maximum absolute atomic E-state index is 13.5. The van der Waals surface area contributed by atoms with Crippen LogP contribution in [0.3, 0.4) is 0 Å². The molecule has 12 heteroatoms. The summed E-state index contributed by atoms with van der Waals surface area (Å²) in [5.41, 5.74) is 0.193. The number of anilines is 1. The van der Waals surface area contributed by atoms with Gasteiger partial charge in [0.15, 0.2) is 9.84 Å². The molecule has 2 N–H and O–H groups in total. The Balaban J connectivity index is 1.52. The summed E-state index contributed by atoms with van der Waals surface area (Å²) in [5.74, 6) is 0.233. The van der Waals surface area contributed by atoms with Gasteiger partial charge in [-0.2, -0.15) is 0 Å². The summed E-state index contributed by atoms with van der Waals surface area (Å²) in [7, 11) is -3.71. The van der Waals surface area contributed by atoms with Gasteiger partial charge >= 0.3 is 12.2 Å². The minimum atomic E-state index is -3.71. The number of hydrogen-bond acceptors (Lipinski definition) is 9. The lowest BCUT2D eigenvalue weighted by Gasteiger charge is -2.28. The molecular weight excluding hydrogens is 542 g/mol. The zero-order valence-electron chi connectivity index (χ0n) is 23.0. The van der Waals surface area contributed by atoms with Crippen LogP contribution in [-0.2, 0) is 24.0 Å². The summed E-state index contributed by atoms with van der Waals surface area (Å²) in [6.45, 7) is 9.19. The average molecular weight is 580 g/mol. The first-order chi connectivity index (χ1) is 18.3. The van der Waals surface area contributed by atoms with E-state index in [1.165, 1.54) is 17.4 Å². The molecule has 2 aliphatic rings. The number of aromatic nitrogens is 1. The highest BCUT2D eigenvalue weighted by atomic mass is 32.2. The van der Waals surface area contributed by atoms with Crippen LogP contribution in [0.2, 0.25) is 0 Å². The van der Waals surface area contributed by atoms with E-state index < -0.39 is 26.8 Å². The molecule has 0 unspecified atom stereocenters. The fourth-order valence-electron chi connectivity index (χ4n) is 4.53. The number of amides is 2. The van der Waals surface area contributed by atoms with Crippen LogP contribution in [0.4, 0.5) is 15.3 Å². The summed E-state index contributed by atoms with van der Waals surface area (Å²) in [5, 5.41) is 5.89. The fraction of sp³-hybridized carbons (Fsp3) is 0.593. The zero-order chi connectivity index (χ0) is 28.4. The third-order valence-corrected chi connectivity index (χ3v) is 9.80. The number of sulfone groups is 1. The SMILES string of the molecule is CC(C)OC(=O)N[C@H]1CC[C@H](c2ncc(-c3ccc(NC(=O)OC(C)(C)C)cc3S(=O)(=O)C3COC3)s2)CC1. The molecule has 4 rings (SSSR count). The molecule has 0 spiro atoms. The van der Waals surface area contributed by atoms with Crippen molar-refractivity contribution < 1.29 is 32.2 Å². The molecule has 0 bridgehead atoms. The molecule has 1 saturated carbocycles. The van der Waals surface area contributed by atoms with Crippen LogP contribution >= 0.6 is 11.3 Å². The Morgan fingerprint density at radius 2 is 1.79 bits per heavy atom. The van der Waals surface area contributed by atoms with Crippen molar-refractivity contribution in [1.82, 2.24) is 10.3 Å². The number of thiazole rings is 1. The number of ether oxygens (including phenoxy) is 3. The molecule has 2 aromatic rings. The quantitative estimate of drug-likeness (QED) is 0.440. The molecule has 2 amide bonds. The van der Waals surface area contributed by atoms with Crippen LogP contribution in [0.15, 0.2) is 29.3 Å². The summed E-state index contributed by atoms with van der Waals surface area (Å²) in [4.78, 5) is 29.8.